The average molecular weight is 286 g/mol. The molecule has 0 radical (unpaired) electrons. The highest BCUT2D eigenvalue weighted by atomic mass is 16.5. The van der Waals surface area contributed by atoms with E-state index >= 15 is 0 Å². The first-order valence-electron chi connectivity index (χ1n) is 7.25. The Morgan fingerprint density at radius 3 is 2.38 bits per heavy atom. The number of benzene rings is 1. The predicted octanol–water partition coefficient (Wildman–Crippen LogP) is 2.86. The van der Waals surface area contributed by atoms with Crippen molar-refractivity contribution in [1.82, 2.24) is 10.3 Å². The Kier molecular flexibility index (Phi) is 5.72. The third kappa shape index (κ3) is 4.55. The van der Waals surface area contributed by atoms with Crippen LogP contribution in [-0.2, 0) is 0 Å². The van der Waals surface area contributed by atoms with Crippen LogP contribution >= 0.6 is 0 Å². The molecule has 2 unspecified atom stereocenters. The molecule has 21 heavy (non-hydrogen) atoms. The van der Waals surface area contributed by atoms with Gasteiger partial charge in [0.1, 0.15) is 5.75 Å². The third-order valence-electron chi connectivity index (χ3n) is 3.40. The lowest BCUT2D eigenvalue weighted by molar-refractivity contribution is 0.170. The summed E-state index contributed by atoms with van der Waals surface area (Å²) in [5.41, 5.74) is 2.04. The molecule has 4 nitrogen and oxygen atoms in total. The van der Waals surface area contributed by atoms with E-state index in [2.05, 4.69) is 17.2 Å². The van der Waals surface area contributed by atoms with Gasteiger partial charge in [-0.15, -0.1) is 0 Å². The molecule has 2 atom stereocenters. The molecule has 0 fully saturated rings. The van der Waals surface area contributed by atoms with E-state index in [1.807, 2.05) is 43.3 Å². The van der Waals surface area contributed by atoms with Crippen LogP contribution in [0.2, 0.25) is 0 Å². The molecular formula is C17H22N2O2. The Morgan fingerprint density at radius 2 is 1.76 bits per heavy atom. The fourth-order valence-electron chi connectivity index (χ4n) is 2.13. The van der Waals surface area contributed by atoms with Crippen LogP contribution in [0.25, 0.3) is 0 Å². The Labute approximate surface area is 125 Å². The molecule has 2 N–H and O–H groups in total. The zero-order chi connectivity index (χ0) is 15.1. The van der Waals surface area contributed by atoms with Gasteiger partial charge in [-0.3, -0.25) is 4.98 Å². The Bertz CT molecular complexity index is 528. The SMILES string of the molecule is CCOc1ccc(C(C)NCC(O)c2ccncc2)cc1. The summed E-state index contributed by atoms with van der Waals surface area (Å²) in [6, 6.07) is 11.8. The lowest BCUT2D eigenvalue weighted by atomic mass is 10.1. The number of hydrogen-bond acceptors (Lipinski definition) is 4. The summed E-state index contributed by atoms with van der Waals surface area (Å²) in [6.07, 6.45) is 2.85. The summed E-state index contributed by atoms with van der Waals surface area (Å²) < 4.78 is 5.43. The van der Waals surface area contributed by atoms with E-state index in [1.165, 1.54) is 5.56 Å². The van der Waals surface area contributed by atoms with Gasteiger partial charge in [0, 0.05) is 25.0 Å². The summed E-state index contributed by atoms with van der Waals surface area (Å²) in [4.78, 5) is 3.95. The second-order valence-corrected chi connectivity index (χ2v) is 4.93. The van der Waals surface area contributed by atoms with Crippen LogP contribution in [0.5, 0.6) is 5.75 Å². The highest BCUT2D eigenvalue weighted by Crippen LogP contribution is 2.18. The first-order valence-corrected chi connectivity index (χ1v) is 7.25. The second kappa shape index (κ2) is 7.76. The molecule has 112 valence electrons. The maximum Gasteiger partial charge on any atom is 0.119 e. The zero-order valence-electron chi connectivity index (χ0n) is 12.5. The average Bonchev–Trinajstić information content (AvgIpc) is 2.54. The molecule has 0 bridgehead atoms. The Balaban J connectivity index is 1.88. The number of hydrogen-bond donors (Lipinski definition) is 2. The van der Waals surface area contributed by atoms with Crippen molar-refractivity contribution in [3.05, 3.63) is 59.9 Å². The molecule has 2 aromatic rings. The molecule has 0 saturated heterocycles. The maximum absolute atomic E-state index is 10.1. The smallest absolute Gasteiger partial charge is 0.119 e. The molecule has 1 aromatic carbocycles. The minimum absolute atomic E-state index is 0.164. The topological polar surface area (TPSA) is 54.4 Å². The number of aliphatic hydroxyl groups excluding tert-OH is 1. The molecule has 0 amide bonds. The lowest BCUT2D eigenvalue weighted by Crippen LogP contribution is -2.24. The first kappa shape index (κ1) is 15.5. The van der Waals surface area contributed by atoms with Crippen LogP contribution in [-0.4, -0.2) is 23.2 Å². The standard InChI is InChI=1S/C17H22N2O2/c1-3-21-16-6-4-14(5-7-16)13(2)19-12-17(20)15-8-10-18-11-9-15/h4-11,13,17,19-20H,3,12H2,1-2H3. The number of nitrogens with zero attached hydrogens (tertiary/aromatic N) is 1. The number of aromatic nitrogens is 1. The van der Waals surface area contributed by atoms with Crippen molar-refractivity contribution in [3.8, 4) is 5.75 Å². The highest BCUT2D eigenvalue weighted by molar-refractivity contribution is 5.29. The quantitative estimate of drug-likeness (QED) is 0.822. The van der Waals surface area contributed by atoms with Gasteiger partial charge in [-0.25, -0.2) is 0 Å². The van der Waals surface area contributed by atoms with Crippen LogP contribution in [0.3, 0.4) is 0 Å². The Morgan fingerprint density at radius 1 is 1.10 bits per heavy atom. The molecule has 1 heterocycles. The van der Waals surface area contributed by atoms with Crippen molar-refractivity contribution >= 4 is 0 Å². The Hall–Kier alpha value is -1.91. The van der Waals surface area contributed by atoms with Gasteiger partial charge in [0.25, 0.3) is 0 Å². The van der Waals surface area contributed by atoms with Gasteiger partial charge in [-0.05, 0) is 49.2 Å². The second-order valence-electron chi connectivity index (χ2n) is 4.93. The van der Waals surface area contributed by atoms with E-state index in [-0.39, 0.29) is 6.04 Å². The van der Waals surface area contributed by atoms with Crippen molar-refractivity contribution in [2.75, 3.05) is 13.2 Å². The first-order chi connectivity index (χ1) is 10.2. The van der Waals surface area contributed by atoms with Crippen LogP contribution in [0.4, 0.5) is 0 Å². The molecule has 4 heteroatoms. The summed E-state index contributed by atoms with van der Waals surface area (Å²) in [6.45, 7) is 5.22. The summed E-state index contributed by atoms with van der Waals surface area (Å²) in [5, 5.41) is 13.5. The number of aliphatic hydroxyl groups is 1. The minimum atomic E-state index is -0.529. The number of nitrogens with one attached hydrogen (secondary N) is 1. The largest absolute Gasteiger partial charge is 0.494 e. The van der Waals surface area contributed by atoms with Crippen LogP contribution in [0.15, 0.2) is 48.8 Å². The number of rotatable bonds is 7. The van der Waals surface area contributed by atoms with Gasteiger partial charge in [-0.2, -0.15) is 0 Å². The molecule has 0 aliphatic heterocycles. The van der Waals surface area contributed by atoms with E-state index < -0.39 is 6.10 Å². The van der Waals surface area contributed by atoms with Crippen molar-refractivity contribution in [3.63, 3.8) is 0 Å². The highest BCUT2D eigenvalue weighted by Gasteiger charge is 2.10. The van der Waals surface area contributed by atoms with Crippen molar-refractivity contribution < 1.29 is 9.84 Å². The molecular weight excluding hydrogens is 264 g/mol. The van der Waals surface area contributed by atoms with E-state index in [0.29, 0.717) is 13.2 Å². The molecule has 2 rings (SSSR count). The van der Waals surface area contributed by atoms with Crippen LogP contribution in [0, 0.1) is 0 Å². The maximum atomic E-state index is 10.1. The molecule has 0 spiro atoms. The molecule has 1 aromatic heterocycles. The van der Waals surface area contributed by atoms with Crippen molar-refractivity contribution in [1.29, 1.82) is 0 Å². The predicted molar refractivity (Wildman–Crippen MR) is 83.2 cm³/mol. The van der Waals surface area contributed by atoms with E-state index in [9.17, 15) is 5.11 Å². The van der Waals surface area contributed by atoms with E-state index in [1.54, 1.807) is 12.4 Å². The van der Waals surface area contributed by atoms with Gasteiger partial charge in [0.2, 0.25) is 0 Å². The van der Waals surface area contributed by atoms with Crippen LogP contribution in [0.1, 0.15) is 37.1 Å². The molecule has 0 saturated carbocycles. The fourth-order valence-corrected chi connectivity index (χ4v) is 2.13. The minimum Gasteiger partial charge on any atom is -0.494 e. The summed E-state index contributed by atoms with van der Waals surface area (Å²) in [5.74, 6) is 0.880. The van der Waals surface area contributed by atoms with Gasteiger partial charge < -0.3 is 15.2 Å². The molecule has 0 aliphatic carbocycles. The summed E-state index contributed by atoms with van der Waals surface area (Å²) >= 11 is 0. The number of ether oxygens (including phenoxy) is 1. The molecule has 0 aliphatic rings. The third-order valence-corrected chi connectivity index (χ3v) is 3.40. The van der Waals surface area contributed by atoms with Crippen LogP contribution < -0.4 is 10.1 Å². The fraction of sp³-hybridized carbons (Fsp3) is 0.353. The normalized spacial score (nSPS) is 13.7. The van der Waals surface area contributed by atoms with Crippen molar-refractivity contribution in [2.24, 2.45) is 0 Å². The monoisotopic (exact) mass is 286 g/mol. The van der Waals surface area contributed by atoms with Gasteiger partial charge in [-0.1, -0.05) is 12.1 Å². The number of pyridine rings is 1. The van der Waals surface area contributed by atoms with Gasteiger partial charge in [0.05, 0.1) is 12.7 Å². The van der Waals surface area contributed by atoms with E-state index in [0.717, 1.165) is 11.3 Å². The van der Waals surface area contributed by atoms with Crippen molar-refractivity contribution in [2.45, 2.75) is 26.0 Å². The zero-order valence-corrected chi connectivity index (χ0v) is 12.5. The van der Waals surface area contributed by atoms with Gasteiger partial charge >= 0.3 is 0 Å². The van der Waals surface area contributed by atoms with Gasteiger partial charge in [0.15, 0.2) is 0 Å². The summed E-state index contributed by atoms with van der Waals surface area (Å²) in [7, 11) is 0. The van der Waals surface area contributed by atoms with E-state index in [4.69, 9.17) is 4.74 Å². The lowest BCUT2D eigenvalue weighted by Gasteiger charge is -2.18.